The molecule has 4 rings (SSSR count). The van der Waals surface area contributed by atoms with Gasteiger partial charge in [-0.15, -0.1) is 0 Å². The molecule has 2 aliphatic rings. The molecule has 1 saturated heterocycles. The highest BCUT2D eigenvalue weighted by atomic mass is 16.7. The molecule has 0 atom stereocenters. The van der Waals surface area contributed by atoms with Crippen LogP contribution in [0.1, 0.15) is 16.2 Å². The molecule has 1 fully saturated rings. The zero-order chi connectivity index (χ0) is 18.1. The summed E-state index contributed by atoms with van der Waals surface area (Å²) >= 11 is 0. The molecule has 2 aliphatic heterocycles. The van der Waals surface area contributed by atoms with Crippen molar-refractivity contribution in [3.05, 3.63) is 35.7 Å². The normalized spacial score (nSPS) is 15.9. The number of anilines is 1. The van der Waals surface area contributed by atoms with Gasteiger partial charge in [-0.2, -0.15) is 4.98 Å². The number of methoxy groups -OCH3 is 1. The van der Waals surface area contributed by atoms with Crippen LogP contribution < -0.4 is 19.1 Å². The van der Waals surface area contributed by atoms with E-state index in [1.807, 2.05) is 17.9 Å². The van der Waals surface area contributed by atoms with E-state index in [0.29, 0.717) is 54.9 Å². The Morgan fingerprint density at radius 2 is 1.85 bits per heavy atom. The Hall–Kier alpha value is -3.03. The smallest absolute Gasteiger partial charge is 0.254 e. The van der Waals surface area contributed by atoms with Gasteiger partial charge < -0.3 is 24.0 Å². The highest BCUT2D eigenvalue weighted by Crippen LogP contribution is 2.33. The first-order valence-electron chi connectivity index (χ1n) is 8.47. The second-order valence-corrected chi connectivity index (χ2v) is 6.16. The van der Waals surface area contributed by atoms with Gasteiger partial charge >= 0.3 is 0 Å². The zero-order valence-electron chi connectivity index (χ0n) is 14.8. The van der Waals surface area contributed by atoms with Gasteiger partial charge in [0.25, 0.3) is 5.91 Å². The summed E-state index contributed by atoms with van der Waals surface area (Å²) in [6.07, 6.45) is 0. The molecule has 136 valence electrons. The van der Waals surface area contributed by atoms with Gasteiger partial charge in [0.1, 0.15) is 11.6 Å². The van der Waals surface area contributed by atoms with E-state index in [4.69, 9.17) is 14.2 Å². The first-order valence-corrected chi connectivity index (χ1v) is 8.47. The van der Waals surface area contributed by atoms with Crippen molar-refractivity contribution >= 4 is 11.7 Å². The van der Waals surface area contributed by atoms with Crippen LogP contribution in [0.3, 0.4) is 0 Å². The molecule has 1 aromatic heterocycles. The van der Waals surface area contributed by atoms with Crippen molar-refractivity contribution in [1.82, 2.24) is 14.9 Å². The third-order valence-electron chi connectivity index (χ3n) is 4.52. The van der Waals surface area contributed by atoms with E-state index in [-0.39, 0.29) is 12.7 Å². The fraction of sp³-hybridized carbons (Fsp3) is 0.389. The molecular weight excluding hydrogens is 336 g/mol. The average molecular weight is 356 g/mol. The maximum absolute atomic E-state index is 12.8. The first kappa shape index (κ1) is 16.4. The molecule has 2 aromatic rings. The molecule has 3 heterocycles. The molecule has 0 aliphatic carbocycles. The summed E-state index contributed by atoms with van der Waals surface area (Å²) in [4.78, 5) is 25.4. The number of nitrogens with zero attached hydrogens (tertiary/aromatic N) is 4. The molecule has 26 heavy (non-hydrogen) atoms. The largest absolute Gasteiger partial charge is 0.481 e. The fourth-order valence-electron chi connectivity index (χ4n) is 3.14. The van der Waals surface area contributed by atoms with Crippen LogP contribution in [-0.2, 0) is 0 Å². The summed E-state index contributed by atoms with van der Waals surface area (Å²) in [5, 5.41) is 0. The minimum atomic E-state index is -0.000557. The van der Waals surface area contributed by atoms with Gasteiger partial charge in [-0.3, -0.25) is 4.79 Å². The summed E-state index contributed by atoms with van der Waals surface area (Å²) in [5.41, 5.74) is 0.613. The van der Waals surface area contributed by atoms with Gasteiger partial charge in [0, 0.05) is 37.8 Å². The van der Waals surface area contributed by atoms with Gasteiger partial charge in [0.05, 0.1) is 7.11 Å². The van der Waals surface area contributed by atoms with E-state index in [1.165, 1.54) is 0 Å². The molecule has 0 saturated carbocycles. The van der Waals surface area contributed by atoms with Crippen molar-refractivity contribution in [2.75, 3.05) is 45.0 Å². The fourth-order valence-corrected chi connectivity index (χ4v) is 3.14. The van der Waals surface area contributed by atoms with Gasteiger partial charge in [-0.1, -0.05) is 0 Å². The maximum Gasteiger partial charge on any atom is 0.254 e. The molecule has 8 heteroatoms. The third kappa shape index (κ3) is 3.10. The highest BCUT2D eigenvalue weighted by Gasteiger charge is 2.25. The maximum atomic E-state index is 12.8. The number of rotatable bonds is 3. The molecule has 0 N–H and O–H groups in total. The Bertz CT molecular complexity index is 834. The van der Waals surface area contributed by atoms with E-state index >= 15 is 0 Å². The van der Waals surface area contributed by atoms with Gasteiger partial charge in [-0.05, 0) is 25.1 Å². The van der Waals surface area contributed by atoms with Crippen LogP contribution in [0, 0.1) is 6.92 Å². The summed E-state index contributed by atoms with van der Waals surface area (Å²) in [5.74, 6) is 3.34. The number of amides is 1. The minimum Gasteiger partial charge on any atom is -0.481 e. The first-order chi connectivity index (χ1) is 12.6. The van der Waals surface area contributed by atoms with E-state index in [1.54, 1.807) is 25.3 Å². The lowest BCUT2D eigenvalue weighted by molar-refractivity contribution is 0.0746. The van der Waals surface area contributed by atoms with Crippen LogP contribution >= 0.6 is 0 Å². The predicted molar refractivity (Wildman–Crippen MR) is 94.0 cm³/mol. The molecule has 0 radical (unpaired) electrons. The van der Waals surface area contributed by atoms with E-state index in [9.17, 15) is 4.79 Å². The summed E-state index contributed by atoms with van der Waals surface area (Å²) in [6.45, 7) is 4.70. The van der Waals surface area contributed by atoms with Crippen LogP contribution in [0.15, 0.2) is 24.3 Å². The number of aromatic nitrogens is 2. The number of piperazine rings is 1. The lowest BCUT2D eigenvalue weighted by Crippen LogP contribution is -2.49. The van der Waals surface area contributed by atoms with Crippen molar-refractivity contribution < 1.29 is 19.0 Å². The lowest BCUT2D eigenvalue weighted by atomic mass is 10.1. The Labute approximate surface area is 151 Å². The van der Waals surface area contributed by atoms with E-state index < -0.39 is 0 Å². The molecular formula is C18H20N4O4. The molecule has 0 bridgehead atoms. The number of benzene rings is 1. The minimum absolute atomic E-state index is 0.000557. The van der Waals surface area contributed by atoms with Crippen molar-refractivity contribution in [2.24, 2.45) is 0 Å². The molecule has 0 unspecified atom stereocenters. The van der Waals surface area contributed by atoms with Crippen molar-refractivity contribution in [3.8, 4) is 17.4 Å². The van der Waals surface area contributed by atoms with Gasteiger partial charge in [0.15, 0.2) is 11.5 Å². The quantitative estimate of drug-likeness (QED) is 0.824. The van der Waals surface area contributed by atoms with Gasteiger partial charge in [0.2, 0.25) is 12.7 Å². The van der Waals surface area contributed by atoms with Crippen LogP contribution in [0.5, 0.6) is 17.4 Å². The summed E-state index contributed by atoms with van der Waals surface area (Å²) < 4.78 is 15.9. The number of fused-ring (bicyclic) bond motifs is 1. The van der Waals surface area contributed by atoms with Gasteiger partial charge in [-0.25, -0.2) is 4.98 Å². The number of hydrogen-bond donors (Lipinski definition) is 0. The molecule has 1 aromatic carbocycles. The number of carbonyl (C=O) groups excluding carboxylic acids is 1. The number of aryl methyl sites for hydroxylation is 1. The Morgan fingerprint density at radius 3 is 2.62 bits per heavy atom. The predicted octanol–water partition coefficient (Wildman–Crippen LogP) is 1.48. The second kappa shape index (κ2) is 6.70. The molecule has 1 amide bonds. The SMILES string of the molecule is COc1cc(N2CCN(C(=O)c3ccc4c(c3)OCO4)CC2)nc(C)n1. The Balaban J connectivity index is 1.43. The van der Waals surface area contributed by atoms with Crippen molar-refractivity contribution in [3.63, 3.8) is 0 Å². The third-order valence-corrected chi connectivity index (χ3v) is 4.52. The lowest BCUT2D eigenvalue weighted by Gasteiger charge is -2.35. The second-order valence-electron chi connectivity index (χ2n) is 6.16. The molecule has 8 nitrogen and oxygen atoms in total. The standard InChI is InChI=1S/C18H20N4O4/c1-12-19-16(10-17(20-12)24-2)21-5-7-22(8-6-21)18(23)13-3-4-14-15(9-13)26-11-25-14/h3-4,9-10H,5-8,11H2,1-2H3. The number of hydrogen-bond acceptors (Lipinski definition) is 7. The van der Waals surface area contributed by atoms with Crippen LogP contribution in [0.2, 0.25) is 0 Å². The van der Waals surface area contributed by atoms with Crippen molar-refractivity contribution in [1.29, 1.82) is 0 Å². The van der Waals surface area contributed by atoms with E-state index in [2.05, 4.69) is 14.9 Å². The number of ether oxygens (including phenoxy) is 3. The Morgan fingerprint density at radius 1 is 1.08 bits per heavy atom. The van der Waals surface area contributed by atoms with E-state index in [0.717, 1.165) is 5.82 Å². The summed E-state index contributed by atoms with van der Waals surface area (Å²) in [6, 6.07) is 7.13. The van der Waals surface area contributed by atoms with Crippen LogP contribution in [-0.4, -0.2) is 60.9 Å². The van der Waals surface area contributed by atoms with Crippen molar-refractivity contribution in [2.45, 2.75) is 6.92 Å². The molecule has 0 spiro atoms. The number of carbonyl (C=O) groups is 1. The van der Waals surface area contributed by atoms with Crippen LogP contribution in [0.4, 0.5) is 5.82 Å². The zero-order valence-corrected chi connectivity index (χ0v) is 14.8. The topological polar surface area (TPSA) is 77.0 Å². The Kier molecular flexibility index (Phi) is 4.24. The average Bonchev–Trinajstić information content (AvgIpc) is 3.14. The monoisotopic (exact) mass is 356 g/mol. The van der Waals surface area contributed by atoms with Crippen LogP contribution in [0.25, 0.3) is 0 Å². The summed E-state index contributed by atoms with van der Waals surface area (Å²) in [7, 11) is 1.59. The highest BCUT2D eigenvalue weighted by molar-refractivity contribution is 5.95.